The van der Waals surface area contributed by atoms with Gasteiger partial charge in [-0.2, -0.15) is 0 Å². The fourth-order valence-corrected chi connectivity index (χ4v) is 3.15. The number of piperidine rings is 2. The van der Waals surface area contributed by atoms with Crippen LogP contribution in [-0.2, 0) is 14.3 Å². The van der Waals surface area contributed by atoms with Crippen LogP contribution in [0.2, 0.25) is 0 Å². The minimum Gasteiger partial charge on any atom is -0.469 e. The van der Waals surface area contributed by atoms with E-state index in [0.717, 1.165) is 38.8 Å². The van der Waals surface area contributed by atoms with Crippen molar-refractivity contribution < 1.29 is 14.3 Å². The van der Waals surface area contributed by atoms with E-state index >= 15 is 0 Å². The van der Waals surface area contributed by atoms with Gasteiger partial charge in [0.1, 0.15) is 0 Å². The van der Waals surface area contributed by atoms with Crippen LogP contribution in [0, 0.1) is 11.8 Å². The molecule has 5 nitrogen and oxygen atoms in total. The third-order valence-corrected chi connectivity index (χ3v) is 4.24. The lowest BCUT2D eigenvalue weighted by atomic mass is 9.90. The molecule has 2 rings (SSSR count). The first-order valence-corrected chi connectivity index (χ1v) is 7.21. The van der Waals surface area contributed by atoms with Gasteiger partial charge in [-0.05, 0) is 39.2 Å². The second-order valence-electron chi connectivity index (χ2n) is 5.72. The molecular formula is C14H24N2O3. The molecule has 2 saturated heterocycles. The highest BCUT2D eigenvalue weighted by Gasteiger charge is 2.33. The fraction of sp³-hybridized carbons (Fsp3) is 0.857. The normalized spacial score (nSPS) is 31.9. The predicted octanol–water partition coefficient (Wildman–Crippen LogP) is 0.786. The Morgan fingerprint density at radius 1 is 1.26 bits per heavy atom. The predicted molar refractivity (Wildman–Crippen MR) is 71.5 cm³/mol. The lowest BCUT2D eigenvalue weighted by molar-refractivity contribution is -0.150. The second-order valence-corrected chi connectivity index (χ2v) is 5.72. The summed E-state index contributed by atoms with van der Waals surface area (Å²) in [5.41, 5.74) is 0. The highest BCUT2D eigenvalue weighted by molar-refractivity contribution is 5.80. The average Bonchev–Trinajstić information content (AvgIpc) is 2.45. The van der Waals surface area contributed by atoms with Crippen molar-refractivity contribution in [3.8, 4) is 0 Å². The first-order chi connectivity index (χ1) is 9.11. The van der Waals surface area contributed by atoms with Gasteiger partial charge in [-0.25, -0.2) is 0 Å². The molecule has 2 aliphatic heterocycles. The van der Waals surface area contributed by atoms with Crippen molar-refractivity contribution in [3.63, 3.8) is 0 Å². The third-order valence-electron chi connectivity index (χ3n) is 4.24. The molecule has 0 bridgehead atoms. The molecular weight excluding hydrogens is 244 g/mol. The summed E-state index contributed by atoms with van der Waals surface area (Å²) >= 11 is 0. The van der Waals surface area contributed by atoms with Gasteiger partial charge in [-0.15, -0.1) is 0 Å². The maximum absolute atomic E-state index is 12.5. The monoisotopic (exact) mass is 268 g/mol. The van der Waals surface area contributed by atoms with E-state index in [-0.39, 0.29) is 23.7 Å². The largest absolute Gasteiger partial charge is 0.469 e. The SMILES string of the molecule is COC(=O)C1CCCN(C(=O)[C@H]2CCN[C@@H](C)C2)C1. The van der Waals surface area contributed by atoms with Crippen LogP contribution in [0.3, 0.4) is 0 Å². The number of rotatable bonds is 2. The van der Waals surface area contributed by atoms with E-state index < -0.39 is 0 Å². The van der Waals surface area contributed by atoms with Crippen LogP contribution in [0.15, 0.2) is 0 Å². The Kier molecular flexibility index (Phi) is 4.80. The van der Waals surface area contributed by atoms with Crippen molar-refractivity contribution >= 4 is 11.9 Å². The van der Waals surface area contributed by atoms with Crippen LogP contribution < -0.4 is 5.32 Å². The molecule has 0 aromatic rings. The van der Waals surface area contributed by atoms with Gasteiger partial charge in [0.25, 0.3) is 0 Å². The molecule has 0 aromatic heterocycles. The molecule has 0 aliphatic carbocycles. The van der Waals surface area contributed by atoms with E-state index in [0.29, 0.717) is 12.6 Å². The molecule has 3 atom stereocenters. The number of methoxy groups -OCH3 is 1. The zero-order chi connectivity index (χ0) is 13.8. The molecule has 2 fully saturated rings. The maximum atomic E-state index is 12.5. The summed E-state index contributed by atoms with van der Waals surface area (Å²) in [4.78, 5) is 26.0. The number of carbonyl (C=O) groups is 2. The number of likely N-dealkylation sites (tertiary alicyclic amines) is 1. The molecule has 108 valence electrons. The lowest BCUT2D eigenvalue weighted by Crippen LogP contribution is -2.48. The molecule has 5 heteroatoms. The van der Waals surface area contributed by atoms with Gasteiger partial charge >= 0.3 is 5.97 Å². The van der Waals surface area contributed by atoms with Crippen molar-refractivity contribution in [2.75, 3.05) is 26.7 Å². The molecule has 19 heavy (non-hydrogen) atoms. The lowest BCUT2D eigenvalue weighted by Gasteiger charge is -2.36. The second kappa shape index (κ2) is 6.37. The quantitative estimate of drug-likeness (QED) is 0.752. The summed E-state index contributed by atoms with van der Waals surface area (Å²) in [5.74, 6) is 0.0209. The summed E-state index contributed by atoms with van der Waals surface area (Å²) in [6, 6.07) is 0.406. The Hall–Kier alpha value is -1.10. The van der Waals surface area contributed by atoms with Crippen LogP contribution >= 0.6 is 0 Å². The van der Waals surface area contributed by atoms with E-state index in [4.69, 9.17) is 4.74 Å². The Labute approximate surface area is 114 Å². The number of nitrogens with one attached hydrogen (secondary N) is 1. The number of amides is 1. The third kappa shape index (κ3) is 3.47. The van der Waals surface area contributed by atoms with Gasteiger partial charge in [0.15, 0.2) is 0 Å². The average molecular weight is 268 g/mol. The summed E-state index contributed by atoms with van der Waals surface area (Å²) in [5, 5.41) is 3.36. The van der Waals surface area contributed by atoms with E-state index in [1.54, 1.807) is 0 Å². The zero-order valence-corrected chi connectivity index (χ0v) is 11.9. The Morgan fingerprint density at radius 2 is 2.05 bits per heavy atom. The number of ether oxygens (including phenoxy) is 1. The van der Waals surface area contributed by atoms with Gasteiger partial charge in [-0.1, -0.05) is 0 Å². The number of hydrogen-bond acceptors (Lipinski definition) is 4. The minimum absolute atomic E-state index is 0.118. The van der Waals surface area contributed by atoms with Crippen molar-refractivity contribution in [2.24, 2.45) is 11.8 Å². The van der Waals surface area contributed by atoms with Crippen molar-refractivity contribution in [3.05, 3.63) is 0 Å². The highest BCUT2D eigenvalue weighted by Crippen LogP contribution is 2.23. The number of esters is 1. The first kappa shape index (κ1) is 14.3. The molecule has 0 radical (unpaired) electrons. The van der Waals surface area contributed by atoms with Gasteiger partial charge in [0, 0.05) is 25.0 Å². The Balaban J connectivity index is 1.93. The Bertz CT molecular complexity index is 346. The molecule has 1 N–H and O–H groups in total. The van der Waals surface area contributed by atoms with Gasteiger partial charge in [0.2, 0.25) is 5.91 Å². The van der Waals surface area contributed by atoms with Crippen molar-refractivity contribution in [1.82, 2.24) is 10.2 Å². The van der Waals surface area contributed by atoms with Gasteiger partial charge < -0.3 is 15.0 Å². The van der Waals surface area contributed by atoms with Gasteiger partial charge in [-0.3, -0.25) is 9.59 Å². The summed E-state index contributed by atoms with van der Waals surface area (Å²) in [7, 11) is 1.41. The van der Waals surface area contributed by atoms with Crippen LogP contribution in [0.1, 0.15) is 32.6 Å². The van der Waals surface area contributed by atoms with Crippen molar-refractivity contribution in [2.45, 2.75) is 38.6 Å². The molecule has 0 aromatic carbocycles. The highest BCUT2D eigenvalue weighted by atomic mass is 16.5. The van der Waals surface area contributed by atoms with Crippen LogP contribution in [0.5, 0.6) is 0 Å². The summed E-state index contributed by atoms with van der Waals surface area (Å²) in [6.07, 6.45) is 3.53. The maximum Gasteiger partial charge on any atom is 0.310 e. The molecule has 2 aliphatic rings. The number of nitrogens with zero attached hydrogens (tertiary/aromatic N) is 1. The number of carbonyl (C=O) groups excluding carboxylic acids is 2. The molecule has 0 saturated carbocycles. The molecule has 0 spiro atoms. The van der Waals surface area contributed by atoms with E-state index in [9.17, 15) is 9.59 Å². The standard InChI is InChI=1S/C14H24N2O3/c1-10-8-11(5-6-15-10)13(17)16-7-3-4-12(9-16)14(18)19-2/h10-12,15H,3-9H2,1-2H3/t10-,11-,12?/m0/s1. The van der Waals surface area contributed by atoms with Crippen LogP contribution in [-0.4, -0.2) is 49.6 Å². The van der Waals surface area contributed by atoms with Crippen LogP contribution in [0.25, 0.3) is 0 Å². The van der Waals surface area contributed by atoms with E-state index in [1.807, 2.05) is 4.90 Å². The molecule has 2 heterocycles. The minimum atomic E-state index is -0.184. The summed E-state index contributed by atoms with van der Waals surface area (Å²) in [6.45, 7) is 4.34. The molecule has 1 unspecified atom stereocenters. The van der Waals surface area contributed by atoms with Crippen LogP contribution in [0.4, 0.5) is 0 Å². The van der Waals surface area contributed by atoms with Gasteiger partial charge in [0.05, 0.1) is 13.0 Å². The Morgan fingerprint density at radius 3 is 2.74 bits per heavy atom. The number of hydrogen-bond donors (Lipinski definition) is 1. The fourth-order valence-electron chi connectivity index (χ4n) is 3.15. The smallest absolute Gasteiger partial charge is 0.310 e. The zero-order valence-electron chi connectivity index (χ0n) is 11.9. The summed E-state index contributed by atoms with van der Waals surface area (Å²) < 4.78 is 4.79. The van der Waals surface area contributed by atoms with E-state index in [1.165, 1.54) is 7.11 Å². The van der Waals surface area contributed by atoms with E-state index in [2.05, 4.69) is 12.2 Å². The van der Waals surface area contributed by atoms with Crippen molar-refractivity contribution in [1.29, 1.82) is 0 Å². The first-order valence-electron chi connectivity index (χ1n) is 7.21. The topological polar surface area (TPSA) is 58.6 Å². The molecule has 1 amide bonds.